The maximum atomic E-state index is 11.0. The number of rotatable bonds is 4. The summed E-state index contributed by atoms with van der Waals surface area (Å²) in [4.78, 5) is 16.0. The van der Waals surface area contributed by atoms with Gasteiger partial charge in [-0.3, -0.25) is 4.79 Å². The average molecular weight is 200 g/mol. The van der Waals surface area contributed by atoms with Gasteiger partial charge in [-0.05, 0) is 6.92 Å². The van der Waals surface area contributed by atoms with E-state index in [1.807, 2.05) is 0 Å². The number of aromatic nitrogens is 1. The van der Waals surface area contributed by atoms with E-state index < -0.39 is 0 Å². The molecule has 0 unspecified atom stereocenters. The van der Waals surface area contributed by atoms with Crippen molar-refractivity contribution in [3.05, 3.63) is 11.1 Å². The van der Waals surface area contributed by atoms with Crippen molar-refractivity contribution in [3.63, 3.8) is 0 Å². The van der Waals surface area contributed by atoms with Crippen molar-refractivity contribution in [2.45, 2.75) is 13.3 Å². The van der Waals surface area contributed by atoms with Crippen molar-refractivity contribution in [1.82, 2.24) is 4.98 Å². The molecule has 5 heteroatoms. The van der Waals surface area contributed by atoms with Gasteiger partial charge in [-0.25, -0.2) is 4.98 Å². The molecular formula is C8H12N2O2S. The van der Waals surface area contributed by atoms with Crippen LogP contribution in [0.3, 0.4) is 0 Å². The summed E-state index contributed by atoms with van der Waals surface area (Å²) in [6.07, 6.45) is 2.00. The minimum atomic E-state index is -0.200. The van der Waals surface area contributed by atoms with Gasteiger partial charge >= 0.3 is 5.97 Å². The Hall–Kier alpha value is -1.10. The van der Waals surface area contributed by atoms with Gasteiger partial charge in [0, 0.05) is 18.1 Å². The Bertz CT molecular complexity index is 285. The molecule has 1 heterocycles. The molecule has 0 spiro atoms. The quantitative estimate of drug-likeness (QED) is 0.744. The van der Waals surface area contributed by atoms with Crippen molar-refractivity contribution in [2.75, 3.05) is 19.0 Å². The molecule has 0 radical (unpaired) electrons. The number of hydrogen-bond donors (Lipinski definition) is 1. The highest BCUT2D eigenvalue weighted by Crippen LogP contribution is 2.17. The number of carbonyl (C=O) groups is 1. The first-order chi connectivity index (χ1) is 6.26. The van der Waals surface area contributed by atoms with E-state index in [0.717, 1.165) is 10.0 Å². The summed E-state index contributed by atoms with van der Waals surface area (Å²) in [6.45, 7) is 2.22. The summed E-state index contributed by atoms with van der Waals surface area (Å²) < 4.78 is 4.81. The van der Waals surface area contributed by atoms with E-state index in [1.165, 1.54) is 11.3 Å². The first-order valence-corrected chi connectivity index (χ1v) is 4.86. The predicted molar refractivity (Wildman–Crippen MR) is 52.0 cm³/mol. The Kier molecular flexibility index (Phi) is 3.70. The Morgan fingerprint density at radius 1 is 1.77 bits per heavy atom. The van der Waals surface area contributed by atoms with Crippen LogP contribution in [0.15, 0.2) is 6.20 Å². The lowest BCUT2D eigenvalue weighted by atomic mass is 10.4. The first kappa shape index (κ1) is 9.98. The molecule has 4 nitrogen and oxygen atoms in total. The zero-order valence-electron chi connectivity index (χ0n) is 7.66. The maximum absolute atomic E-state index is 11.0. The van der Waals surface area contributed by atoms with Gasteiger partial charge < -0.3 is 10.1 Å². The van der Waals surface area contributed by atoms with Crippen LogP contribution in [0, 0.1) is 0 Å². The smallest absolute Gasteiger partial charge is 0.311 e. The highest BCUT2D eigenvalue weighted by molar-refractivity contribution is 7.15. The third-order valence-electron chi connectivity index (χ3n) is 1.39. The number of anilines is 1. The van der Waals surface area contributed by atoms with Crippen LogP contribution in [0.5, 0.6) is 0 Å². The van der Waals surface area contributed by atoms with Crippen LogP contribution in [0.25, 0.3) is 0 Å². The van der Waals surface area contributed by atoms with E-state index in [0.29, 0.717) is 13.0 Å². The normalized spacial score (nSPS) is 9.69. The fourth-order valence-corrected chi connectivity index (χ4v) is 1.61. The van der Waals surface area contributed by atoms with Gasteiger partial charge in [0.1, 0.15) is 0 Å². The molecule has 0 bridgehead atoms. The average Bonchev–Trinajstić information content (AvgIpc) is 2.52. The molecule has 13 heavy (non-hydrogen) atoms. The first-order valence-electron chi connectivity index (χ1n) is 4.04. The van der Waals surface area contributed by atoms with Crippen LogP contribution >= 0.6 is 11.3 Å². The Morgan fingerprint density at radius 3 is 3.08 bits per heavy atom. The molecule has 0 amide bonds. The Morgan fingerprint density at radius 2 is 2.54 bits per heavy atom. The van der Waals surface area contributed by atoms with Gasteiger partial charge in [0.15, 0.2) is 5.13 Å². The molecule has 1 aromatic rings. The second-order valence-corrected chi connectivity index (χ2v) is 3.48. The van der Waals surface area contributed by atoms with Crippen LogP contribution in [-0.4, -0.2) is 24.6 Å². The number of nitrogens with zero attached hydrogens (tertiary/aromatic N) is 1. The Balaban J connectivity index is 2.49. The van der Waals surface area contributed by atoms with Crippen LogP contribution < -0.4 is 5.32 Å². The molecule has 1 N–H and O–H groups in total. The number of nitrogens with one attached hydrogen (secondary N) is 1. The molecule has 1 rings (SSSR count). The maximum Gasteiger partial charge on any atom is 0.311 e. The highest BCUT2D eigenvalue weighted by atomic mass is 32.1. The third kappa shape index (κ3) is 3.02. The third-order valence-corrected chi connectivity index (χ3v) is 2.41. The topological polar surface area (TPSA) is 51.2 Å². The SMILES string of the molecule is CCOC(=O)Cc1cnc(NC)s1. The van der Waals surface area contributed by atoms with Crippen LogP contribution in [0.2, 0.25) is 0 Å². The number of thiazole rings is 1. The van der Waals surface area contributed by atoms with E-state index in [4.69, 9.17) is 4.74 Å². The molecular weight excluding hydrogens is 188 g/mol. The van der Waals surface area contributed by atoms with Gasteiger partial charge in [-0.2, -0.15) is 0 Å². The van der Waals surface area contributed by atoms with E-state index >= 15 is 0 Å². The van der Waals surface area contributed by atoms with Gasteiger partial charge in [-0.15, -0.1) is 11.3 Å². The summed E-state index contributed by atoms with van der Waals surface area (Å²) in [6, 6.07) is 0. The van der Waals surface area contributed by atoms with Crippen molar-refractivity contribution in [3.8, 4) is 0 Å². The second-order valence-electron chi connectivity index (χ2n) is 2.36. The lowest BCUT2D eigenvalue weighted by Crippen LogP contribution is -2.06. The van der Waals surface area contributed by atoms with Gasteiger partial charge in [0.2, 0.25) is 0 Å². The predicted octanol–water partition coefficient (Wildman–Crippen LogP) is 1.29. The monoisotopic (exact) mass is 200 g/mol. The summed E-state index contributed by atoms with van der Waals surface area (Å²) in [7, 11) is 1.80. The van der Waals surface area contributed by atoms with E-state index in [1.54, 1.807) is 20.2 Å². The van der Waals surface area contributed by atoms with Crippen molar-refractivity contribution >= 4 is 22.4 Å². The Labute approximate surface area is 80.9 Å². The molecule has 0 atom stereocenters. The van der Waals surface area contributed by atoms with Crippen LogP contribution in [0.1, 0.15) is 11.8 Å². The summed E-state index contributed by atoms with van der Waals surface area (Å²) in [5, 5.41) is 3.73. The highest BCUT2D eigenvalue weighted by Gasteiger charge is 2.06. The summed E-state index contributed by atoms with van der Waals surface area (Å²) in [5.41, 5.74) is 0. The van der Waals surface area contributed by atoms with Crippen LogP contribution in [0.4, 0.5) is 5.13 Å². The minimum Gasteiger partial charge on any atom is -0.466 e. The summed E-state index contributed by atoms with van der Waals surface area (Å²) in [5.74, 6) is -0.200. The molecule has 0 aliphatic rings. The minimum absolute atomic E-state index is 0.200. The zero-order chi connectivity index (χ0) is 9.68. The van der Waals surface area contributed by atoms with Crippen molar-refractivity contribution < 1.29 is 9.53 Å². The lowest BCUT2D eigenvalue weighted by Gasteiger charge is -1.97. The molecule has 0 aromatic carbocycles. The van der Waals surface area contributed by atoms with Crippen molar-refractivity contribution in [1.29, 1.82) is 0 Å². The zero-order valence-corrected chi connectivity index (χ0v) is 8.48. The fourth-order valence-electron chi connectivity index (χ4n) is 0.859. The fraction of sp³-hybridized carbons (Fsp3) is 0.500. The van der Waals surface area contributed by atoms with Crippen LogP contribution in [-0.2, 0) is 16.0 Å². The molecule has 0 saturated carbocycles. The molecule has 0 saturated heterocycles. The second kappa shape index (κ2) is 4.81. The molecule has 0 fully saturated rings. The van der Waals surface area contributed by atoms with Crippen molar-refractivity contribution in [2.24, 2.45) is 0 Å². The van der Waals surface area contributed by atoms with Gasteiger partial charge in [0.25, 0.3) is 0 Å². The largest absolute Gasteiger partial charge is 0.466 e. The molecule has 1 aromatic heterocycles. The van der Waals surface area contributed by atoms with Gasteiger partial charge in [0.05, 0.1) is 13.0 Å². The number of hydrogen-bond acceptors (Lipinski definition) is 5. The molecule has 72 valence electrons. The van der Waals surface area contributed by atoms with E-state index in [2.05, 4.69) is 10.3 Å². The molecule has 0 aliphatic carbocycles. The number of carbonyl (C=O) groups excluding carboxylic acids is 1. The van der Waals surface area contributed by atoms with E-state index in [9.17, 15) is 4.79 Å². The standard InChI is InChI=1S/C8H12N2O2S/c1-3-12-7(11)4-6-5-10-8(9-2)13-6/h5H,3-4H2,1-2H3,(H,9,10). The van der Waals surface area contributed by atoms with E-state index in [-0.39, 0.29) is 5.97 Å². The lowest BCUT2D eigenvalue weighted by molar-refractivity contribution is -0.142. The number of esters is 1. The number of ether oxygens (including phenoxy) is 1. The summed E-state index contributed by atoms with van der Waals surface area (Å²) >= 11 is 1.46. The van der Waals surface area contributed by atoms with Gasteiger partial charge in [-0.1, -0.05) is 0 Å². The molecule has 0 aliphatic heterocycles.